The number of anilines is 1. The van der Waals surface area contributed by atoms with E-state index in [-0.39, 0.29) is 12.5 Å². The van der Waals surface area contributed by atoms with Crippen molar-refractivity contribution in [3.63, 3.8) is 0 Å². The molecule has 0 radical (unpaired) electrons. The summed E-state index contributed by atoms with van der Waals surface area (Å²) in [5.74, 6) is -0.228. The van der Waals surface area contributed by atoms with Gasteiger partial charge in [-0.25, -0.2) is 0 Å². The summed E-state index contributed by atoms with van der Waals surface area (Å²) >= 11 is 2.55. The number of thiophene rings is 1. The van der Waals surface area contributed by atoms with E-state index in [1.54, 1.807) is 12.1 Å². The zero-order valence-corrected chi connectivity index (χ0v) is 12.4. The maximum atomic E-state index is 11.9. The van der Waals surface area contributed by atoms with Crippen molar-refractivity contribution in [2.45, 2.75) is 24.7 Å². The van der Waals surface area contributed by atoms with Crippen LogP contribution in [0.2, 0.25) is 0 Å². The molecular weight excluding hydrogens is 314 g/mol. The highest BCUT2D eigenvalue weighted by atomic mass is 32.1. The Morgan fingerprint density at radius 3 is 3.05 bits per heavy atom. The molecule has 112 valence electrons. The molecule has 0 aliphatic carbocycles. The van der Waals surface area contributed by atoms with Gasteiger partial charge in [0, 0.05) is 6.42 Å². The van der Waals surface area contributed by atoms with Crippen LogP contribution >= 0.6 is 22.7 Å². The van der Waals surface area contributed by atoms with Gasteiger partial charge in [0.1, 0.15) is 17.2 Å². The standard InChI is InChI=1S/C12H13N3O4S2/c16-5-8-6(17)4-7(19-8)11-14-15-12(21-11)13-10(18)9-2-1-3-20-9/h1-3,6-8,16-17H,4-5H2,(H,13,15,18)/t6-,7-,8+/m0/s1. The molecule has 1 aliphatic rings. The Hall–Kier alpha value is -1.39. The molecule has 1 fully saturated rings. The SMILES string of the molecule is O=C(Nc1nnc([C@@H]2C[C@H](O)[C@@H](CO)O2)s1)c1cccs1. The number of nitrogens with one attached hydrogen (secondary N) is 1. The lowest BCUT2D eigenvalue weighted by Crippen LogP contribution is -2.24. The molecule has 3 N–H and O–H groups in total. The highest BCUT2D eigenvalue weighted by molar-refractivity contribution is 7.15. The van der Waals surface area contributed by atoms with Gasteiger partial charge in [0.05, 0.1) is 17.6 Å². The molecule has 7 nitrogen and oxygen atoms in total. The second kappa shape index (κ2) is 6.16. The molecule has 2 aromatic rings. The molecule has 2 aromatic heterocycles. The van der Waals surface area contributed by atoms with Crippen molar-refractivity contribution in [2.24, 2.45) is 0 Å². The summed E-state index contributed by atoms with van der Waals surface area (Å²) in [6.07, 6.45) is -1.35. The van der Waals surface area contributed by atoms with E-state index in [0.29, 0.717) is 21.4 Å². The van der Waals surface area contributed by atoms with E-state index in [1.165, 1.54) is 22.7 Å². The zero-order valence-electron chi connectivity index (χ0n) is 10.8. The van der Waals surface area contributed by atoms with E-state index in [4.69, 9.17) is 9.84 Å². The molecular formula is C12H13N3O4S2. The smallest absolute Gasteiger partial charge is 0.267 e. The first-order valence-corrected chi connectivity index (χ1v) is 7.99. The second-order valence-electron chi connectivity index (χ2n) is 4.53. The summed E-state index contributed by atoms with van der Waals surface area (Å²) < 4.78 is 5.50. The summed E-state index contributed by atoms with van der Waals surface area (Å²) in [5.41, 5.74) is 0. The number of nitrogens with zero attached hydrogens (tertiary/aromatic N) is 2. The fraction of sp³-hybridized carbons (Fsp3) is 0.417. The van der Waals surface area contributed by atoms with Crippen LogP contribution in [0.25, 0.3) is 0 Å². The first kappa shape index (κ1) is 14.5. The third-order valence-electron chi connectivity index (χ3n) is 3.09. The summed E-state index contributed by atoms with van der Waals surface area (Å²) in [6.45, 7) is -0.238. The van der Waals surface area contributed by atoms with E-state index in [9.17, 15) is 9.90 Å². The van der Waals surface area contributed by atoms with Crippen molar-refractivity contribution in [1.82, 2.24) is 10.2 Å². The van der Waals surface area contributed by atoms with Crippen LogP contribution in [0.3, 0.4) is 0 Å². The lowest BCUT2D eigenvalue weighted by atomic mass is 10.1. The Kier molecular flexibility index (Phi) is 4.27. The number of hydrogen-bond acceptors (Lipinski definition) is 8. The Labute approximate surface area is 128 Å². The van der Waals surface area contributed by atoms with E-state index < -0.39 is 18.3 Å². The largest absolute Gasteiger partial charge is 0.394 e. The van der Waals surface area contributed by atoms with Crippen molar-refractivity contribution in [3.05, 3.63) is 27.4 Å². The van der Waals surface area contributed by atoms with Crippen LogP contribution in [0.4, 0.5) is 5.13 Å². The number of rotatable bonds is 4. The Morgan fingerprint density at radius 1 is 1.52 bits per heavy atom. The van der Waals surface area contributed by atoms with Crippen molar-refractivity contribution >= 4 is 33.7 Å². The number of amides is 1. The molecule has 3 atom stereocenters. The summed E-state index contributed by atoms with van der Waals surface area (Å²) in [5, 5.41) is 32.1. The van der Waals surface area contributed by atoms with Crippen molar-refractivity contribution in [3.8, 4) is 0 Å². The number of aliphatic hydroxyl groups is 2. The van der Waals surface area contributed by atoms with E-state index in [2.05, 4.69) is 15.5 Å². The van der Waals surface area contributed by atoms with Gasteiger partial charge in [0.15, 0.2) is 0 Å². The molecule has 0 spiro atoms. The van der Waals surface area contributed by atoms with Crippen LogP contribution in [0.5, 0.6) is 0 Å². The predicted molar refractivity (Wildman–Crippen MR) is 77.5 cm³/mol. The van der Waals surface area contributed by atoms with Gasteiger partial charge >= 0.3 is 0 Å². The third-order valence-corrected chi connectivity index (χ3v) is 4.88. The Bertz CT molecular complexity index is 616. The average Bonchev–Trinajstić information content (AvgIpc) is 3.17. The maximum absolute atomic E-state index is 11.9. The summed E-state index contributed by atoms with van der Waals surface area (Å²) in [4.78, 5) is 12.5. The molecule has 0 unspecified atom stereocenters. The number of carbonyl (C=O) groups excluding carboxylic acids is 1. The third kappa shape index (κ3) is 3.11. The minimum atomic E-state index is -0.715. The Morgan fingerprint density at radius 2 is 2.38 bits per heavy atom. The van der Waals surface area contributed by atoms with Crippen molar-refractivity contribution in [2.75, 3.05) is 11.9 Å². The topological polar surface area (TPSA) is 105 Å². The van der Waals surface area contributed by atoms with Crippen molar-refractivity contribution < 1.29 is 19.7 Å². The van der Waals surface area contributed by atoms with Crippen LogP contribution in [-0.2, 0) is 4.74 Å². The monoisotopic (exact) mass is 327 g/mol. The van der Waals surface area contributed by atoms with Gasteiger partial charge in [0.25, 0.3) is 5.91 Å². The average molecular weight is 327 g/mol. The van der Waals surface area contributed by atoms with Crippen LogP contribution in [0.1, 0.15) is 27.2 Å². The minimum Gasteiger partial charge on any atom is -0.394 e. The molecule has 1 aliphatic heterocycles. The first-order chi connectivity index (χ1) is 10.2. The molecule has 0 aromatic carbocycles. The normalized spacial score (nSPS) is 25.1. The number of ether oxygens (including phenoxy) is 1. The zero-order chi connectivity index (χ0) is 14.8. The summed E-state index contributed by atoms with van der Waals surface area (Å²) in [6, 6.07) is 3.53. The number of aromatic nitrogens is 2. The van der Waals surface area contributed by atoms with Gasteiger partial charge in [-0.1, -0.05) is 17.4 Å². The fourth-order valence-electron chi connectivity index (χ4n) is 2.03. The van der Waals surface area contributed by atoms with Crippen LogP contribution in [0, 0.1) is 0 Å². The lowest BCUT2D eigenvalue weighted by molar-refractivity contribution is -0.0227. The van der Waals surface area contributed by atoms with E-state index in [0.717, 1.165) is 0 Å². The van der Waals surface area contributed by atoms with E-state index >= 15 is 0 Å². The molecule has 0 bridgehead atoms. The fourth-order valence-corrected chi connectivity index (χ4v) is 3.44. The first-order valence-electron chi connectivity index (χ1n) is 6.30. The van der Waals surface area contributed by atoms with Gasteiger partial charge in [0.2, 0.25) is 5.13 Å². The maximum Gasteiger partial charge on any atom is 0.267 e. The van der Waals surface area contributed by atoms with Crippen LogP contribution < -0.4 is 5.32 Å². The highest BCUT2D eigenvalue weighted by Crippen LogP contribution is 2.35. The minimum absolute atomic E-state index is 0.228. The van der Waals surface area contributed by atoms with Crippen molar-refractivity contribution in [1.29, 1.82) is 0 Å². The van der Waals surface area contributed by atoms with Crippen LogP contribution in [-0.4, -0.2) is 45.1 Å². The van der Waals surface area contributed by atoms with Gasteiger partial charge in [-0.05, 0) is 11.4 Å². The van der Waals surface area contributed by atoms with Gasteiger partial charge in [-0.2, -0.15) is 0 Å². The second-order valence-corrected chi connectivity index (χ2v) is 6.48. The van der Waals surface area contributed by atoms with Crippen LogP contribution in [0.15, 0.2) is 17.5 Å². The number of carbonyl (C=O) groups is 1. The van der Waals surface area contributed by atoms with Gasteiger partial charge < -0.3 is 14.9 Å². The molecule has 9 heteroatoms. The molecule has 3 heterocycles. The highest BCUT2D eigenvalue weighted by Gasteiger charge is 2.36. The molecule has 1 amide bonds. The molecule has 0 saturated carbocycles. The van der Waals surface area contributed by atoms with Gasteiger partial charge in [-0.3, -0.25) is 10.1 Å². The summed E-state index contributed by atoms with van der Waals surface area (Å²) in [7, 11) is 0. The van der Waals surface area contributed by atoms with E-state index in [1.807, 2.05) is 5.38 Å². The number of aliphatic hydroxyl groups excluding tert-OH is 2. The molecule has 21 heavy (non-hydrogen) atoms. The quantitative estimate of drug-likeness (QED) is 0.775. The predicted octanol–water partition coefficient (Wildman–Crippen LogP) is 1.04. The number of hydrogen-bond donors (Lipinski definition) is 3. The Balaban J connectivity index is 1.66. The molecule has 1 saturated heterocycles. The molecule has 3 rings (SSSR count). The lowest BCUT2D eigenvalue weighted by Gasteiger charge is -2.09. The van der Waals surface area contributed by atoms with Gasteiger partial charge in [-0.15, -0.1) is 21.5 Å².